The first-order valence-corrected chi connectivity index (χ1v) is 9.55. The Kier molecular flexibility index (Phi) is 4.45. The summed E-state index contributed by atoms with van der Waals surface area (Å²) in [5.41, 5.74) is 1.82. The van der Waals surface area contributed by atoms with Crippen LogP contribution in [0.2, 0.25) is 0 Å². The molecule has 1 aromatic rings. The van der Waals surface area contributed by atoms with E-state index < -0.39 is 10.6 Å². The van der Waals surface area contributed by atoms with Crippen molar-refractivity contribution in [2.24, 2.45) is 0 Å². The molecule has 1 saturated carbocycles. The normalized spacial score (nSPS) is 28.9. The Hall–Kier alpha value is -1.08. The molecule has 5 nitrogen and oxygen atoms in total. The molecule has 2 aliphatic rings. The van der Waals surface area contributed by atoms with Crippen LogP contribution in [-0.2, 0) is 4.74 Å². The highest BCUT2D eigenvalue weighted by Gasteiger charge is 2.40. The first kappa shape index (κ1) is 15.8. The standard InChI is InChI=1S/C16H23NO4S/c1-21-16(18)12-4-2-11(3-5-12)14-10-15(14)17-13-6-8-22(19,20)9-7-13/h2-5,13-15,17,19-20H,6-10H2,1H3. The minimum Gasteiger partial charge on any atom is -0.465 e. The van der Waals surface area contributed by atoms with E-state index in [1.165, 1.54) is 12.7 Å². The second kappa shape index (κ2) is 6.20. The number of rotatable bonds is 4. The van der Waals surface area contributed by atoms with E-state index in [0.29, 0.717) is 35.1 Å². The van der Waals surface area contributed by atoms with Crippen LogP contribution < -0.4 is 5.32 Å². The monoisotopic (exact) mass is 325 g/mol. The molecular weight excluding hydrogens is 302 g/mol. The van der Waals surface area contributed by atoms with Gasteiger partial charge in [-0.25, -0.2) is 4.79 Å². The Labute approximate surface area is 132 Å². The fourth-order valence-corrected chi connectivity index (χ4v) is 4.64. The highest BCUT2D eigenvalue weighted by molar-refractivity contribution is 8.24. The van der Waals surface area contributed by atoms with E-state index in [-0.39, 0.29) is 5.97 Å². The van der Waals surface area contributed by atoms with Gasteiger partial charge in [-0.3, -0.25) is 9.11 Å². The number of esters is 1. The van der Waals surface area contributed by atoms with Crippen LogP contribution in [0.4, 0.5) is 0 Å². The van der Waals surface area contributed by atoms with Crippen LogP contribution in [0.5, 0.6) is 0 Å². The van der Waals surface area contributed by atoms with Gasteiger partial charge in [0.15, 0.2) is 0 Å². The number of hydrogen-bond acceptors (Lipinski definition) is 5. The van der Waals surface area contributed by atoms with Crippen LogP contribution in [0, 0.1) is 0 Å². The molecule has 0 radical (unpaired) electrons. The molecule has 1 aliphatic heterocycles. The highest BCUT2D eigenvalue weighted by atomic mass is 32.3. The highest BCUT2D eigenvalue weighted by Crippen LogP contribution is 2.46. The largest absolute Gasteiger partial charge is 0.465 e. The smallest absolute Gasteiger partial charge is 0.337 e. The van der Waals surface area contributed by atoms with E-state index >= 15 is 0 Å². The van der Waals surface area contributed by atoms with Gasteiger partial charge >= 0.3 is 5.97 Å². The average Bonchev–Trinajstić information content (AvgIpc) is 3.28. The summed E-state index contributed by atoms with van der Waals surface area (Å²) >= 11 is 0. The van der Waals surface area contributed by atoms with Gasteiger partial charge in [0.1, 0.15) is 0 Å². The molecule has 6 heteroatoms. The summed E-state index contributed by atoms with van der Waals surface area (Å²) in [5.74, 6) is 1.23. The van der Waals surface area contributed by atoms with Crippen molar-refractivity contribution in [1.29, 1.82) is 0 Å². The zero-order chi connectivity index (χ0) is 15.7. The van der Waals surface area contributed by atoms with Crippen LogP contribution in [0.25, 0.3) is 0 Å². The molecule has 1 saturated heterocycles. The maximum atomic E-state index is 11.4. The maximum absolute atomic E-state index is 11.4. The lowest BCUT2D eigenvalue weighted by Gasteiger charge is -2.39. The van der Waals surface area contributed by atoms with Gasteiger partial charge in [0.2, 0.25) is 0 Å². The summed E-state index contributed by atoms with van der Waals surface area (Å²) in [6.07, 6.45) is 2.78. The van der Waals surface area contributed by atoms with E-state index in [4.69, 9.17) is 4.74 Å². The minimum atomic E-state index is -2.30. The van der Waals surface area contributed by atoms with Crippen LogP contribution in [-0.4, -0.2) is 45.8 Å². The van der Waals surface area contributed by atoms with Gasteiger partial charge in [-0.15, -0.1) is 0 Å². The van der Waals surface area contributed by atoms with E-state index in [9.17, 15) is 13.9 Å². The molecule has 2 atom stereocenters. The molecule has 0 aromatic heterocycles. The number of nitrogens with one attached hydrogen (secondary N) is 1. The third kappa shape index (κ3) is 3.63. The topological polar surface area (TPSA) is 78.8 Å². The lowest BCUT2D eigenvalue weighted by Crippen LogP contribution is -2.37. The molecule has 22 heavy (non-hydrogen) atoms. The predicted octanol–water partition coefficient (Wildman–Crippen LogP) is 2.83. The molecule has 1 aromatic carbocycles. The van der Waals surface area contributed by atoms with Crippen molar-refractivity contribution in [2.45, 2.75) is 37.3 Å². The fraction of sp³-hybridized carbons (Fsp3) is 0.562. The summed E-state index contributed by atoms with van der Waals surface area (Å²) < 4.78 is 24.0. The molecule has 0 amide bonds. The molecule has 3 N–H and O–H groups in total. The molecule has 0 bridgehead atoms. The second-order valence-electron chi connectivity index (χ2n) is 6.21. The Balaban J connectivity index is 1.51. The fourth-order valence-electron chi connectivity index (χ4n) is 3.11. The third-order valence-corrected chi connectivity index (χ3v) is 6.37. The summed E-state index contributed by atoms with van der Waals surface area (Å²) in [7, 11) is -0.911. The Morgan fingerprint density at radius 3 is 2.45 bits per heavy atom. The molecule has 0 spiro atoms. The van der Waals surface area contributed by atoms with Gasteiger partial charge in [0.05, 0.1) is 12.7 Å². The lowest BCUT2D eigenvalue weighted by molar-refractivity contribution is 0.0600. The van der Waals surface area contributed by atoms with E-state index in [0.717, 1.165) is 19.3 Å². The molecule has 2 unspecified atom stereocenters. The van der Waals surface area contributed by atoms with E-state index in [1.807, 2.05) is 24.3 Å². The van der Waals surface area contributed by atoms with Crippen molar-refractivity contribution in [3.8, 4) is 0 Å². The number of methoxy groups -OCH3 is 1. The number of hydrogen-bond donors (Lipinski definition) is 3. The summed E-state index contributed by atoms with van der Waals surface area (Å²) in [4.78, 5) is 11.4. The first-order valence-electron chi connectivity index (χ1n) is 7.66. The van der Waals surface area contributed by atoms with Crippen LogP contribution in [0.15, 0.2) is 24.3 Å². The molecule has 3 rings (SSSR count). The van der Waals surface area contributed by atoms with Crippen LogP contribution in [0.3, 0.4) is 0 Å². The van der Waals surface area contributed by atoms with Crippen molar-refractivity contribution < 1.29 is 18.6 Å². The number of carbonyl (C=O) groups excluding carboxylic acids is 1. The van der Waals surface area contributed by atoms with Crippen molar-refractivity contribution >= 4 is 16.6 Å². The Bertz CT molecular complexity index is 536. The van der Waals surface area contributed by atoms with Gasteiger partial charge in [-0.1, -0.05) is 12.1 Å². The number of ether oxygens (including phenoxy) is 1. The molecule has 1 heterocycles. The predicted molar refractivity (Wildman–Crippen MR) is 87.7 cm³/mol. The van der Waals surface area contributed by atoms with Crippen molar-refractivity contribution in [2.75, 3.05) is 18.6 Å². The quantitative estimate of drug-likeness (QED) is 0.742. The van der Waals surface area contributed by atoms with Gasteiger partial charge < -0.3 is 10.1 Å². The SMILES string of the molecule is COC(=O)c1ccc(C2CC2NC2CCS(O)(O)CC2)cc1. The number of carbonyl (C=O) groups is 1. The lowest BCUT2D eigenvalue weighted by atomic mass is 10.1. The summed E-state index contributed by atoms with van der Waals surface area (Å²) in [6, 6.07) is 8.48. The first-order chi connectivity index (χ1) is 10.5. The average molecular weight is 325 g/mol. The number of benzene rings is 1. The summed E-state index contributed by atoms with van der Waals surface area (Å²) in [5, 5.41) is 3.63. The van der Waals surface area contributed by atoms with Gasteiger partial charge in [-0.05, 0) is 37.0 Å². The maximum Gasteiger partial charge on any atom is 0.337 e. The third-order valence-electron chi connectivity index (χ3n) is 4.59. The Morgan fingerprint density at radius 1 is 1.23 bits per heavy atom. The van der Waals surface area contributed by atoms with Crippen LogP contribution in [0.1, 0.15) is 41.1 Å². The summed E-state index contributed by atoms with van der Waals surface area (Å²) in [6.45, 7) is 0. The Morgan fingerprint density at radius 2 is 1.86 bits per heavy atom. The molecule has 1 aliphatic carbocycles. The van der Waals surface area contributed by atoms with E-state index in [1.54, 1.807) is 0 Å². The second-order valence-corrected chi connectivity index (χ2v) is 8.63. The zero-order valence-electron chi connectivity index (χ0n) is 12.7. The van der Waals surface area contributed by atoms with E-state index in [2.05, 4.69) is 5.32 Å². The minimum absolute atomic E-state index is 0.307. The van der Waals surface area contributed by atoms with Gasteiger partial charge in [-0.2, -0.15) is 10.6 Å². The zero-order valence-corrected chi connectivity index (χ0v) is 13.5. The molecule has 2 fully saturated rings. The van der Waals surface area contributed by atoms with Gasteiger partial charge in [0, 0.05) is 29.5 Å². The van der Waals surface area contributed by atoms with Gasteiger partial charge in [0.25, 0.3) is 0 Å². The van der Waals surface area contributed by atoms with Crippen molar-refractivity contribution in [1.82, 2.24) is 5.32 Å². The molecule has 122 valence electrons. The molecular formula is C16H23NO4S. The van der Waals surface area contributed by atoms with Crippen molar-refractivity contribution in [3.63, 3.8) is 0 Å². The van der Waals surface area contributed by atoms with Crippen LogP contribution >= 0.6 is 10.6 Å². The van der Waals surface area contributed by atoms with Crippen molar-refractivity contribution in [3.05, 3.63) is 35.4 Å².